The number of nitrogens with zero attached hydrogens (tertiary/aromatic N) is 2. The van der Waals surface area contributed by atoms with Crippen molar-refractivity contribution in [2.45, 2.75) is 30.8 Å². The topological polar surface area (TPSA) is 96.0 Å². The van der Waals surface area contributed by atoms with Gasteiger partial charge in [0, 0.05) is 41.2 Å². The normalized spacial score (nSPS) is 11.8. The molecule has 230 valence electrons. The highest BCUT2D eigenvalue weighted by Gasteiger charge is 2.35. The van der Waals surface area contributed by atoms with Gasteiger partial charge in [-0.15, -0.1) is 0 Å². The van der Waals surface area contributed by atoms with Crippen LogP contribution in [0.4, 0.5) is 5.69 Å². The van der Waals surface area contributed by atoms with Crippen LogP contribution in [0.2, 0.25) is 10.0 Å². The van der Waals surface area contributed by atoms with E-state index in [4.69, 9.17) is 27.9 Å². The fourth-order valence-corrected chi connectivity index (χ4v) is 6.66. The molecule has 0 radical (unpaired) electrons. The summed E-state index contributed by atoms with van der Waals surface area (Å²) in [6.45, 7) is 1.36. The number of nitrogens with one attached hydrogen (secondary N) is 1. The van der Waals surface area contributed by atoms with Gasteiger partial charge in [-0.05, 0) is 48.9 Å². The minimum atomic E-state index is -4.23. The third kappa shape index (κ3) is 7.91. The predicted molar refractivity (Wildman–Crippen MR) is 174 cm³/mol. The van der Waals surface area contributed by atoms with Crippen LogP contribution in [0, 0.1) is 0 Å². The quantitative estimate of drug-likeness (QED) is 0.192. The molecule has 1 N–H and O–H groups in total. The summed E-state index contributed by atoms with van der Waals surface area (Å²) in [7, 11) is -2.77. The van der Waals surface area contributed by atoms with Crippen LogP contribution in [0.15, 0.2) is 108 Å². The van der Waals surface area contributed by atoms with Crippen molar-refractivity contribution in [2.75, 3.05) is 24.5 Å². The SMILES string of the molecule is CCNC(=O)C(Cc1ccccc1)N(Cc1c(Cl)cccc1Cl)C(=O)CN(c1cccc(OC)c1)S(=O)(=O)c1ccccc1. The van der Waals surface area contributed by atoms with Gasteiger partial charge in [0.15, 0.2) is 0 Å². The van der Waals surface area contributed by atoms with E-state index in [1.165, 1.54) is 30.2 Å². The summed E-state index contributed by atoms with van der Waals surface area (Å²) in [5, 5.41) is 3.45. The minimum absolute atomic E-state index is 0.000815. The highest BCUT2D eigenvalue weighted by atomic mass is 35.5. The highest BCUT2D eigenvalue weighted by Crippen LogP contribution is 2.30. The Kier molecular flexibility index (Phi) is 11.3. The van der Waals surface area contributed by atoms with Gasteiger partial charge in [0.1, 0.15) is 18.3 Å². The number of hydrogen-bond donors (Lipinski definition) is 1. The number of benzene rings is 4. The summed E-state index contributed by atoms with van der Waals surface area (Å²) in [5.74, 6) is -0.616. The maximum absolute atomic E-state index is 14.4. The molecule has 0 fully saturated rings. The van der Waals surface area contributed by atoms with Crippen LogP contribution in [0.1, 0.15) is 18.1 Å². The summed E-state index contributed by atoms with van der Waals surface area (Å²) in [5.41, 5.74) is 1.47. The molecule has 0 aliphatic heterocycles. The summed E-state index contributed by atoms with van der Waals surface area (Å²) < 4.78 is 34.5. The van der Waals surface area contributed by atoms with Gasteiger partial charge in [0.25, 0.3) is 10.0 Å². The van der Waals surface area contributed by atoms with Crippen LogP contribution >= 0.6 is 23.2 Å². The standard InChI is InChI=1S/C33H33Cl2N3O5S/c1-3-36-33(40)31(20-24-12-6-4-7-13-24)37(22-28-29(34)18-11-19-30(28)35)32(39)23-38(25-14-10-15-26(21-25)43-2)44(41,42)27-16-8-5-9-17-27/h4-19,21,31H,3,20,22-23H2,1-2H3,(H,36,40). The molecule has 0 aliphatic carbocycles. The number of likely N-dealkylation sites (N-methyl/N-ethyl adjacent to an activating group) is 1. The van der Waals surface area contributed by atoms with E-state index in [1.54, 1.807) is 61.5 Å². The Morgan fingerprint density at radius 2 is 1.48 bits per heavy atom. The Balaban J connectivity index is 1.83. The molecule has 0 aliphatic rings. The van der Waals surface area contributed by atoms with Crippen molar-refractivity contribution in [3.05, 3.63) is 124 Å². The van der Waals surface area contributed by atoms with Crippen molar-refractivity contribution in [1.29, 1.82) is 0 Å². The number of ether oxygens (including phenoxy) is 1. The molecule has 4 aromatic carbocycles. The number of rotatable bonds is 13. The molecule has 44 heavy (non-hydrogen) atoms. The van der Waals surface area contributed by atoms with Crippen molar-refractivity contribution in [2.24, 2.45) is 0 Å². The first-order chi connectivity index (χ1) is 21.1. The van der Waals surface area contributed by atoms with Crippen molar-refractivity contribution in [3.8, 4) is 5.75 Å². The molecule has 1 unspecified atom stereocenters. The summed E-state index contributed by atoms with van der Waals surface area (Å²) >= 11 is 13.1. The number of amides is 2. The van der Waals surface area contributed by atoms with E-state index in [-0.39, 0.29) is 23.5 Å². The highest BCUT2D eigenvalue weighted by molar-refractivity contribution is 7.92. The Bertz CT molecular complexity index is 1670. The number of carbonyl (C=O) groups is 2. The molecule has 0 heterocycles. The van der Waals surface area contributed by atoms with E-state index >= 15 is 0 Å². The largest absolute Gasteiger partial charge is 0.497 e. The Morgan fingerprint density at radius 1 is 0.864 bits per heavy atom. The fourth-order valence-electron chi connectivity index (χ4n) is 4.71. The zero-order chi connectivity index (χ0) is 31.7. The molecule has 0 bridgehead atoms. The molecule has 11 heteroatoms. The zero-order valence-corrected chi connectivity index (χ0v) is 26.6. The zero-order valence-electron chi connectivity index (χ0n) is 24.3. The second kappa shape index (κ2) is 15.1. The smallest absolute Gasteiger partial charge is 0.264 e. The van der Waals surface area contributed by atoms with Crippen LogP contribution in [-0.4, -0.2) is 51.4 Å². The Morgan fingerprint density at radius 3 is 2.09 bits per heavy atom. The van der Waals surface area contributed by atoms with Gasteiger partial charge in [-0.3, -0.25) is 13.9 Å². The third-order valence-corrected chi connectivity index (χ3v) is 9.46. The number of halogens is 2. The molecular formula is C33H33Cl2N3O5S. The Hall–Kier alpha value is -4.05. The van der Waals surface area contributed by atoms with Gasteiger partial charge < -0.3 is 15.0 Å². The second-order valence-electron chi connectivity index (χ2n) is 9.85. The average molecular weight is 655 g/mol. The second-order valence-corrected chi connectivity index (χ2v) is 12.5. The van der Waals surface area contributed by atoms with Crippen LogP contribution in [0.5, 0.6) is 5.75 Å². The first-order valence-corrected chi connectivity index (χ1v) is 16.1. The number of hydrogen-bond acceptors (Lipinski definition) is 5. The number of anilines is 1. The first kappa shape index (κ1) is 32.9. The van der Waals surface area contributed by atoms with E-state index in [9.17, 15) is 18.0 Å². The Labute approximate surface area is 268 Å². The molecule has 1 atom stereocenters. The minimum Gasteiger partial charge on any atom is -0.497 e. The number of sulfonamides is 1. The van der Waals surface area contributed by atoms with Crippen LogP contribution in [-0.2, 0) is 32.6 Å². The molecular weight excluding hydrogens is 621 g/mol. The van der Waals surface area contributed by atoms with E-state index in [0.29, 0.717) is 27.9 Å². The maximum Gasteiger partial charge on any atom is 0.264 e. The van der Waals surface area contributed by atoms with Gasteiger partial charge in [0.2, 0.25) is 11.8 Å². The molecule has 0 aromatic heterocycles. The molecule has 4 aromatic rings. The van der Waals surface area contributed by atoms with Gasteiger partial charge in [-0.2, -0.15) is 0 Å². The van der Waals surface area contributed by atoms with Crippen molar-refractivity contribution in [1.82, 2.24) is 10.2 Å². The molecule has 0 saturated carbocycles. The molecule has 8 nitrogen and oxygen atoms in total. The maximum atomic E-state index is 14.4. The lowest BCUT2D eigenvalue weighted by atomic mass is 10.0. The van der Waals surface area contributed by atoms with E-state index in [1.807, 2.05) is 30.3 Å². The van der Waals surface area contributed by atoms with Gasteiger partial charge in [0.05, 0.1) is 17.7 Å². The van der Waals surface area contributed by atoms with E-state index in [0.717, 1.165) is 9.87 Å². The summed E-state index contributed by atoms with van der Waals surface area (Å²) in [4.78, 5) is 29.4. The van der Waals surface area contributed by atoms with Crippen molar-refractivity contribution in [3.63, 3.8) is 0 Å². The predicted octanol–water partition coefficient (Wildman–Crippen LogP) is 5.97. The van der Waals surface area contributed by atoms with Crippen LogP contribution < -0.4 is 14.4 Å². The lowest BCUT2D eigenvalue weighted by Crippen LogP contribution is -2.53. The summed E-state index contributed by atoms with van der Waals surface area (Å²) in [6, 6.07) is 27.5. The van der Waals surface area contributed by atoms with Crippen LogP contribution in [0.3, 0.4) is 0 Å². The van der Waals surface area contributed by atoms with Crippen molar-refractivity contribution < 1.29 is 22.7 Å². The molecule has 2 amide bonds. The van der Waals surface area contributed by atoms with E-state index < -0.39 is 34.4 Å². The molecule has 0 spiro atoms. The first-order valence-electron chi connectivity index (χ1n) is 13.9. The molecule has 0 saturated heterocycles. The van der Waals surface area contributed by atoms with Crippen LogP contribution in [0.25, 0.3) is 0 Å². The van der Waals surface area contributed by atoms with Crippen molar-refractivity contribution >= 4 is 50.7 Å². The fraction of sp³-hybridized carbons (Fsp3) is 0.212. The summed E-state index contributed by atoms with van der Waals surface area (Å²) in [6.07, 6.45) is 0.172. The monoisotopic (exact) mass is 653 g/mol. The van der Waals surface area contributed by atoms with Gasteiger partial charge >= 0.3 is 0 Å². The molecule has 4 rings (SSSR count). The lowest BCUT2D eigenvalue weighted by molar-refractivity contribution is -0.140. The number of carbonyl (C=O) groups excluding carboxylic acids is 2. The lowest BCUT2D eigenvalue weighted by Gasteiger charge is -2.34. The third-order valence-electron chi connectivity index (χ3n) is 6.96. The average Bonchev–Trinajstić information content (AvgIpc) is 3.03. The van der Waals surface area contributed by atoms with Gasteiger partial charge in [-0.1, -0.05) is 83.9 Å². The van der Waals surface area contributed by atoms with E-state index in [2.05, 4.69) is 5.32 Å². The number of methoxy groups -OCH3 is 1. The van der Waals surface area contributed by atoms with Gasteiger partial charge in [-0.25, -0.2) is 8.42 Å².